The first-order chi connectivity index (χ1) is 13.6. The number of amides is 1. The highest BCUT2D eigenvalue weighted by molar-refractivity contribution is 7.90. The standard InChI is InChI=1S/C19H19ClN4O3S2/c1-12(13-5-9-16(10-6-13)29(2,26)27)21-17(25)11-24-18(22-23-19(24)28)14-3-7-15(20)8-4-14/h3-10,12H,11H2,1-2H3,(H,21,25)(H,23,28). The molecular formula is C19H19ClN4O3S2. The largest absolute Gasteiger partial charge is 0.348 e. The van der Waals surface area contributed by atoms with E-state index in [1.807, 2.05) is 6.92 Å². The van der Waals surface area contributed by atoms with Crippen LogP contribution in [0, 0.1) is 4.77 Å². The number of hydrogen-bond donors (Lipinski definition) is 2. The van der Waals surface area contributed by atoms with Crippen LogP contribution in [0.25, 0.3) is 11.4 Å². The van der Waals surface area contributed by atoms with E-state index in [1.165, 1.54) is 12.1 Å². The Morgan fingerprint density at radius 1 is 1.21 bits per heavy atom. The molecule has 0 aliphatic carbocycles. The monoisotopic (exact) mass is 450 g/mol. The van der Waals surface area contributed by atoms with Crippen molar-refractivity contribution in [3.63, 3.8) is 0 Å². The second-order valence-corrected chi connectivity index (χ2v) is 9.41. The molecule has 0 bridgehead atoms. The first kappa shape index (κ1) is 21.2. The molecule has 1 unspecified atom stereocenters. The molecule has 3 rings (SSSR count). The fourth-order valence-corrected chi connectivity index (χ4v) is 3.75. The number of carbonyl (C=O) groups excluding carboxylic acids is 1. The maximum Gasteiger partial charge on any atom is 0.240 e. The normalized spacial score (nSPS) is 12.5. The molecule has 0 aliphatic rings. The van der Waals surface area contributed by atoms with Crippen molar-refractivity contribution in [3.05, 3.63) is 63.9 Å². The zero-order chi connectivity index (χ0) is 21.2. The van der Waals surface area contributed by atoms with Crippen LogP contribution in [0.2, 0.25) is 5.02 Å². The molecule has 1 heterocycles. The van der Waals surface area contributed by atoms with Crippen LogP contribution in [-0.4, -0.2) is 35.3 Å². The Balaban J connectivity index is 1.73. The van der Waals surface area contributed by atoms with Gasteiger partial charge in [0.15, 0.2) is 20.4 Å². The minimum Gasteiger partial charge on any atom is -0.348 e. The molecular weight excluding hydrogens is 432 g/mol. The van der Waals surface area contributed by atoms with Crippen LogP contribution in [0.5, 0.6) is 0 Å². The van der Waals surface area contributed by atoms with Crippen LogP contribution in [0.3, 0.4) is 0 Å². The highest BCUT2D eigenvalue weighted by Gasteiger charge is 2.15. The molecule has 2 N–H and O–H groups in total. The van der Waals surface area contributed by atoms with Crippen molar-refractivity contribution in [2.75, 3.05) is 6.26 Å². The molecule has 0 fully saturated rings. The Morgan fingerprint density at radius 2 is 1.83 bits per heavy atom. The number of rotatable bonds is 6. The van der Waals surface area contributed by atoms with Gasteiger partial charge in [-0.2, -0.15) is 5.10 Å². The number of aromatic amines is 1. The summed E-state index contributed by atoms with van der Waals surface area (Å²) in [6.07, 6.45) is 1.15. The molecule has 2 aromatic carbocycles. The SMILES string of the molecule is CC(NC(=O)Cn1c(-c2ccc(Cl)cc2)n[nH]c1=S)c1ccc(S(C)(=O)=O)cc1. The van der Waals surface area contributed by atoms with Crippen LogP contribution in [-0.2, 0) is 21.2 Å². The van der Waals surface area contributed by atoms with E-state index in [0.29, 0.717) is 15.6 Å². The van der Waals surface area contributed by atoms with Gasteiger partial charge in [-0.3, -0.25) is 14.5 Å². The fourth-order valence-electron chi connectivity index (χ4n) is 2.80. The highest BCUT2D eigenvalue weighted by Crippen LogP contribution is 2.20. The number of nitrogens with zero attached hydrogens (tertiary/aromatic N) is 2. The van der Waals surface area contributed by atoms with Gasteiger partial charge in [0, 0.05) is 16.8 Å². The Kier molecular flexibility index (Phi) is 6.21. The van der Waals surface area contributed by atoms with E-state index in [2.05, 4.69) is 15.5 Å². The molecule has 0 aliphatic heterocycles. The molecule has 1 atom stereocenters. The number of sulfone groups is 1. The second kappa shape index (κ2) is 8.48. The number of hydrogen-bond acceptors (Lipinski definition) is 5. The smallest absolute Gasteiger partial charge is 0.240 e. The van der Waals surface area contributed by atoms with Crippen LogP contribution in [0.1, 0.15) is 18.5 Å². The molecule has 7 nitrogen and oxygen atoms in total. The van der Waals surface area contributed by atoms with Crippen LogP contribution >= 0.6 is 23.8 Å². The van der Waals surface area contributed by atoms with Gasteiger partial charge in [-0.15, -0.1) is 0 Å². The van der Waals surface area contributed by atoms with E-state index in [0.717, 1.165) is 17.4 Å². The first-order valence-electron chi connectivity index (χ1n) is 8.65. The van der Waals surface area contributed by atoms with Gasteiger partial charge in [0.1, 0.15) is 6.54 Å². The summed E-state index contributed by atoms with van der Waals surface area (Å²) in [4.78, 5) is 12.8. The van der Waals surface area contributed by atoms with E-state index < -0.39 is 9.84 Å². The van der Waals surface area contributed by atoms with Gasteiger partial charge in [-0.05, 0) is 61.1 Å². The molecule has 0 saturated carbocycles. The fraction of sp³-hybridized carbons (Fsp3) is 0.211. The summed E-state index contributed by atoms with van der Waals surface area (Å²) in [5.74, 6) is 0.282. The van der Waals surface area contributed by atoms with Gasteiger partial charge in [-0.25, -0.2) is 8.42 Å². The number of nitrogens with one attached hydrogen (secondary N) is 2. The zero-order valence-corrected chi connectivity index (χ0v) is 18.1. The summed E-state index contributed by atoms with van der Waals surface area (Å²) in [5, 5.41) is 10.4. The van der Waals surface area contributed by atoms with Crippen molar-refractivity contribution >= 4 is 39.6 Å². The third-order valence-electron chi connectivity index (χ3n) is 4.35. The third-order valence-corrected chi connectivity index (χ3v) is 6.04. The van der Waals surface area contributed by atoms with E-state index >= 15 is 0 Å². The zero-order valence-electron chi connectivity index (χ0n) is 15.7. The lowest BCUT2D eigenvalue weighted by atomic mass is 10.1. The number of carbonyl (C=O) groups is 1. The summed E-state index contributed by atoms with van der Waals surface area (Å²) in [6.45, 7) is 1.81. The van der Waals surface area contributed by atoms with E-state index in [4.69, 9.17) is 23.8 Å². The van der Waals surface area contributed by atoms with Crippen LogP contribution in [0.15, 0.2) is 53.4 Å². The van der Waals surface area contributed by atoms with Gasteiger partial charge in [0.2, 0.25) is 5.91 Å². The van der Waals surface area contributed by atoms with Gasteiger partial charge in [0.05, 0.1) is 10.9 Å². The number of benzene rings is 2. The number of H-pyrrole nitrogens is 1. The van der Waals surface area contributed by atoms with Gasteiger partial charge in [-0.1, -0.05) is 23.7 Å². The van der Waals surface area contributed by atoms with Crippen molar-refractivity contribution in [1.29, 1.82) is 0 Å². The minimum absolute atomic E-state index is 0.0148. The Morgan fingerprint density at radius 3 is 2.41 bits per heavy atom. The van der Waals surface area contributed by atoms with Gasteiger partial charge >= 0.3 is 0 Å². The molecule has 3 aromatic rings. The van der Waals surface area contributed by atoms with E-state index in [-0.39, 0.29) is 23.4 Å². The number of halogens is 1. The average Bonchev–Trinajstić information content (AvgIpc) is 3.02. The summed E-state index contributed by atoms with van der Waals surface area (Å²) in [5.41, 5.74) is 1.57. The lowest BCUT2D eigenvalue weighted by Gasteiger charge is -2.15. The topological polar surface area (TPSA) is 96.8 Å². The van der Waals surface area contributed by atoms with Crippen molar-refractivity contribution in [2.24, 2.45) is 0 Å². The summed E-state index contributed by atoms with van der Waals surface area (Å²) >= 11 is 11.2. The van der Waals surface area contributed by atoms with Crippen molar-refractivity contribution in [2.45, 2.75) is 24.4 Å². The molecule has 152 valence electrons. The molecule has 0 saturated heterocycles. The van der Waals surface area contributed by atoms with Crippen LogP contribution < -0.4 is 5.32 Å². The molecule has 1 amide bonds. The predicted octanol–water partition coefficient (Wildman–Crippen LogP) is 3.54. The maximum absolute atomic E-state index is 12.6. The summed E-state index contributed by atoms with van der Waals surface area (Å²) < 4.78 is 25.1. The Labute approximate surface area is 178 Å². The van der Waals surface area contributed by atoms with Crippen LogP contribution in [0.4, 0.5) is 0 Å². The lowest BCUT2D eigenvalue weighted by Crippen LogP contribution is -2.30. The molecule has 1 aromatic heterocycles. The average molecular weight is 451 g/mol. The highest BCUT2D eigenvalue weighted by atomic mass is 35.5. The van der Waals surface area contributed by atoms with E-state index in [9.17, 15) is 13.2 Å². The molecule has 0 spiro atoms. The molecule has 29 heavy (non-hydrogen) atoms. The van der Waals surface area contributed by atoms with Crippen molar-refractivity contribution in [3.8, 4) is 11.4 Å². The quantitative estimate of drug-likeness (QED) is 0.560. The first-order valence-corrected chi connectivity index (χ1v) is 11.3. The Hall–Kier alpha value is -2.49. The summed E-state index contributed by atoms with van der Waals surface area (Å²) in [7, 11) is -3.26. The molecule has 0 radical (unpaired) electrons. The van der Waals surface area contributed by atoms with E-state index in [1.54, 1.807) is 41.0 Å². The predicted molar refractivity (Wildman–Crippen MR) is 114 cm³/mol. The minimum atomic E-state index is -3.26. The lowest BCUT2D eigenvalue weighted by molar-refractivity contribution is -0.122. The Bertz CT molecular complexity index is 1180. The van der Waals surface area contributed by atoms with Crippen molar-refractivity contribution in [1.82, 2.24) is 20.1 Å². The van der Waals surface area contributed by atoms with Gasteiger partial charge < -0.3 is 5.32 Å². The summed E-state index contributed by atoms with van der Waals surface area (Å²) in [6, 6.07) is 13.2. The van der Waals surface area contributed by atoms with Crippen molar-refractivity contribution < 1.29 is 13.2 Å². The van der Waals surface area contributed by atoms with Gasteiger partial charge in [0.25, 0.3) is 0 Å². The third kappa shape index (κ3) is 5.11. The maximum atomic E-state index is 12.6. The second-order valence-electron chi connectivity index (χ2n) is 6.58. The molecule has 10 heteroatoms. The number of aromatic nitrogens is 3.